The van der Waals surface area contributed by atoms with Crippen molar-refractivity contribution in [3.8, 4) is 0 Å². The Balaban J connectivity index is 2.04. The minimum atomic E-state index is 0.824. The molecule has 0 saturated heterocycles. The van der Waals surface area contributed by atoms with E-state index in [-0.39, 0.29) is 0 Å². The zero-order valence-corrected chi connectivity index (χ0v) is 11.7. The largest absolute Gasteiger partial charge is 0.380 e. The van der Waals surface area contributed by atoms with Crippen LogP contribution in [0.5, 0.6) is 0 Å². The van der Waals surface area contributed by atoms with Gasteiger partial charge in [0.05, 0.1) is 5.02 Å². The Bertz CT molecular complexity index is 505. The lowest BCUT2D eigenvalue weighted by molar-refractivity contribution is 1.10. The maximum absolute atomic E-state index is 5.89. The molecule has 0 spiro atoms. The molecule has 2 aromatic rings. The van der Waals surface area contributed by atoms with Crippen LogP contribution >= 0.6 is 22.9 Å². The van der Waals surface area contributed by atoms with Crippen LogP contribution in [0.1, 0.15) is 22.9 Å². The Hall–Kier alpha value is -0.990. The van der Waals surface area contributed by atoms with E-state index in [1.807, 2.05) is 11.4 Å². The number of thiophene rings is 1. The van der Waals surface area contributed by atoms with E-state index in [0.717, 1.165) is 18.0 Å². The third-order valence-electron chi connectivity index (χ3n) is 2.82. The van der Waals surface area contributed by atoms with Gasteiger partial charge in [0, 0.05) is 22.5 Å². The van der Waals surface area contributed by atoms with Crippen molar-refractivity contribution in [2.45, 2.75) is 26.8 Å². The Labute approximate surface area is 111 Å². The quantitative estimate of drug-likeness (QED) is 0.830. The lowest BCUT2D eigenvalue weighted by Gasteiger charge is -2.09. The van der Waals surface area contributed by atoms with Crippen molar-refractivity contribution in [3.63, 3.8) is 0 Å². The molecule has 0 atom stereocenters. The number of anilines is 1. The highest BCUT2D eigenvalue weighted by atomic mass is 35.5. The minimum Gasteiger partial charge on any atom is -0.380 e. The van der Waals surface area contributed by atoms with Gasteiger partial charge in [-0.3, -0.25) is 0 Å². The number of hydrogen-bond acceptors (Lipinski definition) is 2. The van der Waals surface area contributed by atoms with Crippen molar-refractivity contribution >= 4 is 28.6 Å². The standard InChI is InChI=1S/C14H16ClNS/c1-3-11-6-13(5-4-10(11)2)16-8-14-7-12(15)9-17-14/h4-7,9,16H,3,8H2,1-2H3. The van der Waals surface area contributed by atoms with Gasteiger partial charge in [-0.1, -0.05) is 24.6 Å². The lowest BCUT2D eigenvalue weighted by Crippen LogP contribution is -1.98. The molecule has 0 saturated carbocycles. The maximum atomic E-state index is 5.89. The van der Waals surface area contributed by atoms with E-state index in [4.69, 9.17) is 11.6 Å². The molecule has 17 heavy (non-hydrogen) atoms. The molecule has 0 radical (unpaired) electrons. The fourth-order valence-electron chi connectivity index (χ4n) is 1.80. The van der Waals surface area contributed by atoms with Gasteiger partial charge in [-0.2, -0.15) is 0 Å². The average molecular weight is 266 g/mol. The van der Waals surface area contributed by atoms with Crippen LogP contribution in [0.15, 0.2) is 29.6 Å². The van der Waals surface area contributed by atoms with Crippen molar-refractivity contribution in [2.75, 3.05) is 5.32 Å². The Kier molecular flexibility index (Phi) is 4.08. The number of rotatable bonds is 4. The molecule has 0 fully saturated rings. The molecule has 1 aromatic carbocycles. The topological polar surface area (TPSA) is 12.0 Å². The van der Waals surface area contributed by atoms with E-state index in [0.29, 0.717) is 0 Å². The van der Waals surface area contributed by atoms with Crippen LogP contribution in [-0.2, 0) is 13.0 Å². The summed E-state index contributed by atoms with van der Waals surface area (Å²) in [5, 5.41) is 6.22. The van der Waals surface area contributed by atoms with Crippen molar-refractivity contribution < 1.29 is 0 Å². The average Bonchev–Trinajstić information content (AvgIpc) is 2.74. The number of hydrogen-bond donors (Lipinski definition) is 1. The first-order valence-electron chi connectivity index (χ1n) is 5.75. The summed E-state index contributed by atoms with van der Waals surface area (Å²) >= 11 is 7.58. The zero-order chi connectivity index (χ0) is 12.3. The summed E-state index contributed by atoms with van der Waals surface area (Å²) in [6, 6.07) is 8.53. The molecule has 1 aromatic heterocycles. The fourth-order valence-corrected chi connectivity index (χ4v) is 2.81. The second kappa shape index (κ2) is 5.56. The van der Waals surface area contributed by atoms with Crippen LogP contribution in [-0.4, -0.2) is 0 Å². The van der Waals surface area contributed by atoms with Crippen LogP contribution in [0.25, 0.3) is 0 Å². The van der Waals surface area contributed by atoms with E-state index in [9.17, 15) is 0 Å². The van der Waals surface area contributed by atoms with E-state index in [1.165, 1.54) is 21.7 Å². The third-order valence-corrected chi connectivity index (χ3v) is 4.10. The molecule has 0 aliphatic carbocycles. The van der Waals surface area contributed by atoms with Gasteiger partial charge in [0.1, 0.15) is 0 Å². The number of nitrogens with one attached hydrogen (secondary N) is 1. The Morgan fingerprint density at radius 1 is 1.29 bits per heavy atom. The van der Waals surface area contributed by atoms with E-state index >= 15 is 0 Å². The highest BCUT2D eigenvalue weighted by Gasteiger charge is 2.00. The van der Waals surface area contributed by atoms with Gasteiger partial charge in [-0.15, -0.1) is 11.3 Å². The molecule has 2 rings (SSSR count). The fraction of sp³-hybridized carbons (Fsp3) is 0.286. The predicted octanol–water partition coefficient (Wildman–Crippen LogP) is 4.88. The molecular formula is C14H16ClNS. The molecule has 0 aliphatic rings. The van der Waals surface area contributed by atoms with Gasteiger partial charge in [-0.05, 0) is 42.7 Å². The summed E-state index contributed by atoms with van der Waals surface area (Å²) < 4.78 is 0. The van der Waals surface area contributed by atoms with Crippen LogP contribution in [0.2, 0.25) is 5.02 Å². The van der Waals surface area contributed by atoms with E-state index in [1.54, 1.807) is 11.3 Å². The summed E-state index contributed by atoms with van der Waals surface area (Å²) in [6.45, 7) is 5.18. The van der Waals surface area contributed by atoms with Crippen molar-refractivity contribution in [3.05, 3.63) is 50.7 Å². The first-order valence-corrected chi connectivity index (χ1v) is 7.01. The lowest BCUT2D eigenvalue weighted by atomic mass is 10.1. The second-order valence-corrected chi connectivity index (χ2v) is 5.51. The Morgan fingerprint density at radius 3 is 2.76 bits per heavy atom. The summed E-state index contributed by atoms with van der Waals surface area (Å²) in [4.78, 5) is 1.26. The van der Waals surface area contributed by atoms with E-state index in [2.05, 4.69) is 37.4 Å². The molecule has 1 N–H and O–H groups in total. The summed E-state index contributed by atoms with van der Waals surface area (Å²) in [6.07, 6.45) is 1.08. The number of benzene rings is 1. The molecule has 0 unspecified atom stereocenters. The summed E-state index contributed by atoms with van der Waals surface area (Å²) in [5.74, 6) is 0. The number of halogens is 1. The summed E-state index contributed by atoms with van der Waals surface area (Å²) in [5.41, 5.74) is 3.94. The monoisotopic (exact) mass is 265 g/mol. The van der Waals surface area contributed by atoms with Crippen LogP contribution in [0, 0.1) is 6.92 Å². The maximum Gasteiger partial charge on any atom is 0.0516 e. The van der Waals surface area contributed by atoms with Crippen molar-refractivity contribution in [2.24, 2.45) is 0 Å². The Morgan fingerprint density at radius 2 is 2.12 bits per heavy atom. The molecule has 0 bridgehead atoms. The third kappa shape index (κ3) is 3.24. The van der Waals surface area contributed by atoms with Crippen LogP contribution < -0.4 is 5.32 Å². The van der Waals surface area contributed by atoms with Gasteiger partial charge in [-0.25, -0.2) is 0 Å². The van der Waals surface area contributed by atoms with E-state index < -0.39 is 0 Å². The normalized spacial score (nSPS) is 10.5. The molecule has 1 nitrogen and oxygen atoms in total. The number of aryl methyl sites for hydroxylation is 2. The smallest absolute Gasteiger partial charge is 0.0516 e. The zero-order valence-electron chi connectivity index (χ0n) is 10.1. The highest BCUT2D eigenvalue weighted by Crippen LogP contribution is 2.21. The van der Waals surface area contributed by atoms with Gasteiger partial charge >= 0.3 is 0 Å². The van der Waals surface area contributed by atoms with Crippen molar-refractivity contribution in [1.29, 1.82) is 0 Å². The highest BCUT2D eigenvalue weighted by molar-refractivity contribution is 7.10. The van der Waals surface area contributed by atoms with Gasteiger partial charge in [0.2, 0.25) is 0 Å². The van der Waals surface area contributed by atoms with Crippen LogP contribution in [0.4, 0.5) is 5.69 Å². The predicted molar refractivity (Wildman–Crippen MR) is 77.2 cm³/mol. The SMILES string of the molecule is CCc1cc(NCc2cc(Cl)cs2)ccc1C. The minimum absolute atomic E-state index is 0.824. The molecule has 3 heteroatoms. The summed E-state index contributed by atoms with van der Waals surface area (Å²) in [7, 11) is 0. The first-order chi connectivity index (χ1) is 8.19. The van der Waals surface area contributed by atoms with Gasteiger partial charge < -0.3 is 5.32 Å². The second-order valence-electron chi connectivity index (χ2n) is 4.08. The van der Waals surface area contributed by atoms with Crippen molar-refractivity contribution in [1.82, 2.24) is 0 Å². The molecule has 1 heterocycles. The molecule has 90 valence electrons. The van der Waals surface area contributed by atoms with Gasteiger partial charge in [0.15, 0.2) is 0 Å². The molecular weight excluding hydrogens is 250 g/mol. The van der Waals surface area contributed by atoms with Crippen LogP contribution in [0.3, 0.4) is 0 Å². The molecule has 0 aliphatic heterocycles. The van der Waals surface area contributed by atoms with Gasteiger partial charge in [0.25, 0.3) is 0 Å². The molecule has 0 amide bonds. The first kappa shape index (κ1) is 12.5.